The zero-order chi connectivity index (χ0) is 23.7. The summed E-state index contributed by atoms with van der Waals surface area (Å²) >= 11 is 6.51. The first-order valence-electron chi connectivity index (χ1n) is 11.9. The monoisotopic (exact) mass is 482 g/mol. The number of carbonyl (C=O) groups is 1. The van der Waals surface area contributed by atoms with Gasteiger partial charge in [-0.2, -0.15) is 5.26 Å². The smallest absolute Gasteiger partial charge is 0.265 e. The number of nitriles is 1. The first-order valence-corrected chi connectivity index (χ1v) is 12.3. The van der Waals surface area contributed by atoms with E-state index >= 15 is 0 Å². The topological polar surface area (TPSA) is 68.6 Å². The average Bonchev–Trinajstić information content (AvgIpc) is 3.39. The van der Waals surface area contributed by atoms with Crippen LogP contribution in [0.15, 0.2) is 36.4 Å². The Bertz CT molecular complexity index is 1100. The van der Waals surface area contributed by atoms with Crippen molar-refractivity contribution in [3.05, 3.63) is 52.8 Å². The van der Waals surface area contributed by atoms with Crippen molar-refractivity contribution in [2.45, 2.75) is 38.2 Å². The molecule has 0 aliphatic carbocycles. The van der Waals surface area contributed by atoms with E-state index in [2.05, 4.69) is 16.3 Å². The molecule has 1 unspecified atom stereocenters. The normalized spacial score (nSPS) is 21.3. The number of nitrogens with zero attached hydrogens (tertiary/aromatic N) is 3. The third kappa shape index (κ3) is 4.52. The van der Waals surface area contributed by atoms with E-state index < -0.39 is 11.5 Å². The van der Waals surface area contributed by atoms with Crippen LogP contribution in [0.25, 0.3) is 0 Å². The van der Waals surface area contributed by atoms with E-state index in [4.69, 9.17) is 16.3 Å². The molecule has 0 saturated carbocycles. The highest BCUT2D eigenvalue weighted by molar-refractivity contribution is 6.33. The Morgan fingerprint density at radius 2 is 1.88 bits per heavy atom. The highest BCUT2D eigenvalue weighted by atomic mass is 35.5. The zero-order valence-electron chi connectivity index (χ0n) is 19.0. The van der Waals surface area contributed by atoms with Crippen molar-refractivity contribution in [2.75, 3.05) is 42.9 Å². The summed E-state index contributed by atoms with van der Waals surface area (Å²) in [5.74, 6) is 0.299. The third-order valence-electron chi connectivity index (χ3n) is 7.24. The van der Waals surface area contributed by atoms with Crippen LogP contribution in [0.2, 0.25) is 5.02 Å². The lowest BCUT2D eigenvalue weighted by Gasteiger charge is -2.39. The molecule has 1 atom stereocenters. The van der Waals surface area contributed by atoms with E-state index in [-0.39, 0.29) is 11.7 Å². The van der Waals surface area contributed by atoms with Gasteiger partial charge in [0.15, 0.2) is 6.10 Å². The van der Waals surface area contributed by atoms with Crippen LogP contribution in [0, 0.1) is 22.6 Å². The maximum Gasteiger partial charge on any atom is 0.265 e. The molecule has 6 nitrogen and oxygen atoms in total. The van der Waals surface area contributed by atoms with Gasteiger partial charge in [-0.3, -0.25) is 4.79 Å². The molecule has 3 aliphatic rings. The lowest BCUT2D eigenvalue weighted by Crippen LogP contribution is -2.51. The van der Waals surface area contributed by atoms with Gasteiger partial charge in [0, 0.05) is 32.2 Å². The minimum Gasteiger partial charge on any atom is -0.476 e. The van der Waals surface area contributed by atoms with Gasteiger partial charge in [-0.1, -0.05) is 23.7 Å². The van der Waals surface area contributed by atoms with Crippen molar-refractivity contribution in [2.24, 2.45) is 5.41 Å². The summed E-state index contributed by atoms with van der Waals surface area (Å²) in [6.07, 6.45) is 3.39. The molecule has 8 heteroatoms. The lowest BCUT2D eigenvalue weighted by molar-refractivity contribution is -0.140. The van der Waals surface area contributed by atoms with Gasteiger partial charge in [-0.25, -0.2) is 4.39 Å². The van der Waals surface area contributed by atoms with Gasteiger partial charge >= 0.3 is 0 Å². The average molecular weight is 483 g/mol. The first kappa shape index (κ1) is 22.8. The second kappa shape index (κ2) is 9.34. The van der Waals surface area contributed by atoms with E-state index in [9.17, 15) is 14.4 Å². The molecule has 2 aromatic carbocycles. The number of ether oxygens (including phenoxy) is 1. The molecule has 5 rings (SSSR count). The number of benzene rings is 2. The number of hydrogen-bond acceptors (Lipinski definition) is 5. The Balaban J connectivity index is 1.23. The minimum atomic E-state index is -0.619. The van der Waals surface area contributed by atoms with Crippen molar-refractivity contribution in [1.29, 1.82) is 5.26 Å². The summed E-state index contributed by atoms with van der Waals surface area (Å²) in [6, 6.07) is 12.6. The van der Waals surface area contributed by atoms with Crippen LogP contribution >= 0.6 is 11.6 Å². The predicted molar refractivity (Wildman–Crippen MR) is 130 cm³/mol. The lowest BCUT2D eigenvalue weighted by atomic mass is 9.75. The summed E-state index contributed by atoms with van der Waals surface area (Å²) in [6.45, 7) is 3.32. The maximum absolute atomic E-state index is 13.3. The fourth-order valence-electron chi connectivity index (χ4n) is 5.19. The number of nitrogens with one attached hydrogen (secondary N) is 1. The molecule has 34 heavy (non-hydrogen) atoms. The number of fused-ring (bicyclic) bond motifs is 1. The van der Waals surface area contributed by atoms with E-state index in [1.807, 2.05) is 12.1 Å². The number of piperidine rings is 1. The minimum absolute atomic E-state index is 0.0656. The van der Waals surface area contributed by atoms with Crippen LogP contribution < -0.4 is 15.0 Å². The molecule has 3 heterocycles. The molecule has 0 aromatic heterocycles. The molecule has 2 fully saturated rings. The molecular weight excluding hydrogens is 455 g/mol. The Morgan fingerprint density at radius 1 is 1.18 bits per heavy atom. The summed E-state index contributed by atoms with van der Waals surface area (Å²) in [5.41, 5.74) is 2.14. The predicted octanol–water partition coefficient (Wildman–Crippen LogP) is 4.63. The molecular formula is C26H28ClFN4O2. The summed E-state index contributed by atoms with van der Waals surface area (Å²) in [7, 11) is 0. The molecule has 178 valence electrons. The van der Waals surface area contributed by atoms with Crippen LogP contribution in [0.5, 0.6) is 5.75 Å². The second-order valence-corrected chi connectivity index (χ2v) is 9.91. The van der Waals surface area contributed by atoms with E-state index in [1.54, 1.807) is 17.0 Å². The van der Waals surface area contributed by atoms with Crippen LogP contribution in [-0.4, -0.2) is 49.6 Å². The van der Waals surface area contributed by atoms with Gasteiger partial charge < -0.3 is 19.9 Å². The van der Waals surface area contributed by atoms with Crippen LogP contribution in [0.3, 0.4) is 0 Å². The van der Waals surface area contributed by atoms with Crippen LogP contribution in [0.1, 0.15) is 31.2 Å². The molecule has 3 aliphatic heterocycles. The van der Waals surface area contributed by atoms with Crippen molar-refractivity contribution < 1.29 is 13.9 Å². The molecule has 2 saturated heterocycles. The summed E-state index contributed by atoms with van der Waals surface area (Å²) < 4.78 is 19.4. The fourth-order valence-corrected chi connectivity index (χ4v) is 5.48. The number of rotatable bonds is 4. The van der Waals surface area contributed by atoms with Crippen molar-refractivity contribution in [3.63, 3.8) is 0 Å². The molecule has 0 radical (unpaired) electrons. The quantitative estimate of drug-likeness (QED) is 0.688. The number of anilines is 2. The van der Waals surface area contributed by atoms with E-state index in [0.29, 0.717) is 49.7 Å². The standard InChI is InChI=1S/C26H28ClFN4O2/c27-20-13-21-23(14-22(20)31-9-1-2-10-31)34-24(16-30-21)25(33)32-11-7-26(17-29,8-12-32)15-18-3-5-19(28)6-4-18/h3-6,13-14,24,30H,1-2,7-12,15-16H2. The number of hydrogen-bond donors (Lipinski definition) is 1. The Morgan fingerprint density at radius 3 is 2.56 bits per heavy atom. The molecule has 0 bridgehead atoms. The molecule has 1 N–H and O–H groups in total. The molecule has 1 amide bonds. The number of carbonyl (C=O) groups excluding carboxylic acids is 1. The van der Waals surface area contributed by atoms with Crippen LogP contribution in [0.4, 0.5) is 15.8 Å². The Kier molecular flexibility index (Phi) is 6.26. The van der Waals surface area contributed by atoms with Gasteiger partial charge in [-0.05, 0) is 55.9 Å². The van der Waals surface area contributed by atoms with Gasteiger partial charge in [0.1, 0.15) is 11.6 Å². The van der Waals surface area contributed by atoms with Gasteiger partial charge in [-0.15, -0.1) is 0 Å². The van der Waals surface area contributed by atoms with E-state index in [1.165, 1.54) is 12.1 Å². The van der Waals surface area contributed by atoms with Crippen molar-refractivity contribution in [1.82, 2.24) is 4.90 Å². The zero-order valence-corrected chi connectivity index (χ0v) is 19.8. The van der Waals surface area contributed by atoms with Gasteiger partial charge in [0.25, 0.3) is 5.91 Å². The fraction of sp³-hybridized carbons (Fsp3) is 0.462. The Labute approximate surface area is 204 Å². The Hall–Kier alpha value is -2.98. The van der Waals surface area contributed by atoms with Crippen molar-refractivity contribution >= 4 is 28.9 Å². The SMILES string of the molecule is N#CC1(Cc2ccc(F)cc2)CCN(C(=O)C2CNc3cc(Cl)c(N4CCCC4)cc3O2)CC1. The summed E-state index contributed by atoms with van der Waals surface area (Å²) in [4.78, 5) is 17.3. The number of likely N-dealkylation sites (tertiary alicyclic amines) is 1. The van der Waals surface area contributed by atoms with Crippen LogP contribution in [-0.2, 0) is 11.2 Å². The highest BCUT2D eigenvalue weighted by Gasteiger charge is 2.39. The number of halogens is 2. The first-order chi connectivity index (χ1) is 16.5. The largest absolute Gasteiger partial charge is 0.476 e. The second-order valence-electron chi connectivity index (χ2n) is 9.50. The maximum atomic E-state index is 13.3. The molecule has 2 aromatic rings. The van der Waals surface area contributed by atoms with Gasteiger partial charge in [0.2, 0.25) is 0 Å². The van der Waals surface area contributed by atoms with Gasteiger partial charge in [0.05, 0.1) is 34.4 Å². The summed E-state index contributed by atoms with van der Waals surface area (Å²) in [5, 5.41) is 13.9. The number of amides is 1. The van der Waals surface area contributed by atoms with Crippen molar-refractivity contribution in [3.8, 4) is 11.8 Å². The van der Waals surface area contributed by atoms with E-state index in [0.717, 1.165) is 42.9 Å². The highest BCUT2D eigenvalue weighted by Crippen LogP contribution is 2.40. The molecule has 0 spiro atoms. The third-order valence-corrected chi connectivity index (χ3v) is 7.55.